The number of amides is 2. The maximum atomic E-state index is 12.2. The largest absolute Gasteiger partial charge is 0.497 e. The Balaban J connectivity index is 2.78. The summed E-state index contributed by atoms with van der Waals surface area (Å²) in [6.07, 6.45) is 0.353. The number of nitrogens with zero attached hydrogens (tertiary/aromatic N) is 1. The number of benzene rings is 1. The first-order valence-electron chi connectivity index (χ1n) is 7.72. The van der Waals surface area contributed by atoms with Crippen molar-refractivity contribution in [2.24, 2.45) is 0 Å². The summed E-state index contributed by atoms with van der Waals surface area (Å²) in [4.78, 5) is 26.0. The normalized spacial score (nSPS) is 11.7. The molecule has 1 rings (SSSR count). The number of hydrogen-bond donors (Lipinski definition) is 1. The molecule has 0 spiro atoms. The third-order valence-corrected chi connectivity index (χ3v) is 3.59. The average Bonchev–Trinajstić information content (AvgIpc) is 2.59. The van der Waals surface area contributed by atoms with Gasteiger partial charge in [0.1, 0.15) is 11.8 Å². The van der Waals surface area contributed by atoms with Crippen molar-refractivity contribution in [1.82, 2.24) is 10.2 Å². The van der Waals surface area contributed by atoms with Gasteiger partial charge in [-0.25, -0.2) is 0 Å². The Morgan fingerprint density at radius 2 is 1.87 bits per heavy atom. The van der Waals surface area contributed by atoms with Crippen LogP contribution in [0.3, 0.4) is 0 Å². The second-order valence-corrected chi connectivity index (χ2v) is 5.18. The molecule has 0 aliphatic heterocycles. The first kappa shape index (κ1) is 19.0. The van der Waals surface area contributed by atoms with Gasteiger partial charge in [0, 0.05) is 26.6 Å². The summed E-state index contributed by atoms with van der Waals surface area (Å²) in [6, 6.07) is 6.93. The van der Waals surface area contributed by atoms with E-state index in [1.807, 2.05) is 24.3 Å². The Hall–Kier alpha value is -2.08. The third-order valence-electron chi connectivity index (χ3n) is 3.59. The molecule has 1 N–H and O–H groups in total. The summed E-state index contributed by atoms with van der Waals surface area (Å²) >= 11 is 0. The van der Waals surface area contributed by atoms with Gasteiger partial charge in [-0.2, -0.15) is 0 Å². The van der Waals surface area contributed by atoms with Gasteiger partial charge in [0.05, 0.1) is 13.7 Å². The molecule has 0 aliphatic carbocycles. The maximum absolute atomic E-state index is 12.2. The number of carbonyl (C=O) groups is 2. The van der Waals surface area contributed by atoms with E-state index in [1.54, 1.807) is 33.0 Å². The Kier molecular flexibility index (Phi) is 8.11. The lowest BCUT2D eigenvalue weighted by molar-refractivity contribution is -0.140. The van der Waals surface area contributed by atoms with Crippen LogP contribution in [0.4, 0.5) is 0 Å². The summed E-state index contributed by atoms with van der Waals surface area (Å²) in [6.45, 7) is 4.78. The topological polar surface area (TPSA) is 67.9 Å². The average molecular weight is 322 g/mol. The van der Waals surface area contributed by atoms with Crippen LogP contribution in [0.1, 0.15) is 25.8 Å². The monoisotopic (exact) mass is 322 g/mol. The maximum Gasteiger partial charge on any atom is 0.242 e. The SMILES string of the molecule is CCC(=O)N(Cc1ccc(OC)cc1)[C@H](C)C(=O)NCCOC. The highest BCUT2D eigenvalue weighted by atomic mass is 16.5. The lowest BCUT2D eigenvalue weighted by atomic mass is 10.1. The lowest BCUT2D eigenvalue weighted by Crippen LogP contribution is -2.48. The molecule has 6 nitrogen and oxygen atoms in total. The standard InChI is InChI=1S/C17H26N2O4/c1-5-16(20)19(13(2)17(21)18-10-11-22-3)12-14-6-8-15(23-4)9-7-14/h6-9,13H,5,10-12H2,1-4H3,(H,18,21)/t13-/m1/s1. The lowest BCUT2D eigenvalue weighted by Gasteiger charge is -2.28. The van der Waals surface area contributed by atoms with Gasteiger partial charge in [-0.3, -0.25) is 9.59 Å². The smallest absolute Gasteiger partial charge is 0.242 e. The van der Waals surface area contributed by atoms with Crippen molar-refractivity contribution in [3.05, 3.63) is 29.8 Å². The van der Waals surface area contributed by atoms with Crippen molar-refractivity contribution >= 4 is 11.8 Å². The number of carbonyl (C=O) groups excluding carboxylic acids is 2. The van der Waals surface area contributed by atoms with Gasteiger partial charge in [-0.05, 0) is 24.6 Å². The van der Waals surface area contributed by atoms with Crippen molar-refractivity contribution in [3.63, 3.8) is 0 Å². The molecular weight excluding hydrogens is 296 g/mol. The molecular formula is C17H26N2O4. The number of rotatable bonds is 9. The van der Waals surface area contributed by atoms with Gasteiger partial charge in [0.25, 0.3) is 0 Å². The summed E-state index contributed by atoms with van der Waals surface area (Å²) in [5.74, 6) is 0.514. The van der Waals surface area contributed by atoms with Crippen LogP contribution in [0.25, 0.3) is 0 Å². The van der Waals surface area contributed by atoms with Gasteiger partial charge >= 0.3 is 0 Å². The fourth-order valence-corrected chi connectivity index (χ4v) is 2.14. The fourth-order valence-electron chi connectivity index (χ4n) is 2.14. The molecule has 0 heterocycles. The quantitative estimate of drug-likeness (QED) is 0.701. The van der Waals surface area contributed by atoms with E-state index in [0.29, 0.717) is 26.1 Å². The zero-order valence-corrected chi connectivity index (χ0v) is 14.3. The molecule has 0 unspecified atom stereocenters. The molecule has 1 aromatic rings. The molecule has 0 bridgehead atoms. The number of nitrogens with one attached hydrogen (secondary N) is 1. The van der Waals surface area contributed by atoms with E-state index in [0.717, 1.165) is 11.3 Å². The van der Waals surface area contributed by atoms with Crippen LogP contribution in [0.5, 0.6) is 5.75 Å². The van der Waals surface area contributed by atoms with Crippen molar-refractivity contribution in [2.75, 3.05) is 27.4 Å². The minimum atomic E-state index is -0.540. The van der Waals surface area contributed by atoms with Gasteiger partial charge in [0.15, 0.2) is 0 Å². The summed E-state index contributed by atoms with van der Waals surface area (Å²) < 4.78 is 10.0. The van der Waals surface area contributed by atoms with Crippen molar-refractivity contribution in [2.45, 2.75) is 32.9 Å². The first-order chi connectivity index (χ1) is 11.0. The predicted octanol–water partition coefficient (Wildman–Crippen LogP) is 1.58. The molecule has 6 heteroatoms. The fraction of sp³-hybridized carbons (Fsp3) is 0.529. The Morgan fingerprint density at radius 1 is 1.22 bits per heavy atom. The van der Waals surface area contributed by atoms with Crippen LogP contribution >= 0.6 is 0 Å². The second-order valence-electron chi connectivity index (χ2n) is 5.18. The van der Waals surface area contributed by atoms with E-state index in [9.17, 15) is 9.59 Å². The van der Waals surface area contributed by atoms with Crippen molar-refractivity contribution in [1.29, 1.82) is 0 Å². The first-order valence-corrected chi connectivity index (χ1v) is 7.72. The van der Waals surface area contributed by atoms with Gasteiger partial charge in [-0.15, -0.1) is 0 Å². The van der Waals surface area contributed by atoms with Crippen LogP contribution in [0.2, 0.25) is 0 Å². The third kappa shape index (κ3) is 5.90. The van der Waals surface area contributed by atoms with E-state index >= 15 is 0 Å². The molecule has 0 radical (unpaired) electrons. The predicted molar refractivity (Wildman–Crippen MR) is 88.2 cm³/mol. The number of hydrogen-bond acceptors (Lipinski definition) is 4. The van der Waals surface area contributed by atoms with Crippen molar-refractivity contribution in [3.8, 4) is 5.75 Å². The molecule has 0 aromatic heterocycles. The highest BCUT2D eigenvalue weighted by molar-refractivity contribution is 5.87. The summed E-state index contributed by atoms with van der Waals surface area (Å²) in [5, 5.41) is 2.77. The Morgan fingerprint density at radius 3 is 2.39 bits per heavy atom. The molecule has 1 aromatic carbocycles. The minimum absolute atomic E-state index is 0.0600. The van der Waals surface area contributed by atoms with Crippen LogP contribution in [-0.4, -0.2) is 50.1 Å². The Labute approximate surface area is 137 Å². The molecule has 1 atom stereocenters. The van der Waals surface area contributed by atoms with Gasteiger partial charge < -0.3 is 19.7 Å². The van der Waals surface area contributed by atoms with E-state index in [4.69, 9.17) is 9.47 Å². The summed E-state index contributed by atoms with van der Waals surface area (Å²) in [7, 11) is 3.18. The molecule has 0 saturated carbocycles. The van der Waals surface area contributed by atoms with Crippen LogP contribution in [0, 0.1) is 0 Å². The van der Waals surface area contributed by atoms with E-state index in [1.165, 1.54) is 0 Å². The number of methoxy groups -OCH3 is 2. The van der Waals surface area contributed by atoms with E-state index in [-0.39, 0.29) is 11.8 Å². The summed E-state index contributed by atoms with van der Waals surface area (Å²) in [5.41, 5.74) is 0.948. The zero-order chi connectivity index (χ0) is 17.2. The Bertz CT molecular complexity index is 502. The molecule has 0 aliphatic rings. The van der Waals surface area contributed by atoms with E-state index < -0.39 is 6.04 Å². The highest BCUT2D eigenvalue weighted by Gasteiger charge is 2.24. The van der Waals surface area contributed by atoms with Crippen LogP contribution < -0.4 is 10.1 Å². The van der Waals surface area contributed by atoms with Crippen molar-refractivity contribution < 1.29 is 19.1 Å². The highest BCUT2D eigenvalue weighted by Crippen LogP contribution is 2.15. The molecule has 0 fully saturated rings. The molecule has 0 saturated heterocycles. The molecule has 2 amide bonds. The molecule has 23 heavy (non-hydrogen) atoms. The minimum Gasteiger partial charge on any atom is -0.497 e. The van der Waals surface area contributed by atoms with E-state index in [2.05, 4.69) is 5.32 Å². The van der Waals surface area contributed by atoms with Crippen LogP contribution in [0.15, 0.2) is 24.3 Å². The second kappa shape index (κ2) is 9.84. The van der Waals surface area contributed by atoms with Crippen LogP contribution in [-0.2, 0) is 20.9 Å². The zero-order valence-electron chi connectivity index (χ0n) is 14.3. The number of ether oxygens (including phenoxy) is 2. The molecule has 128 valence electrons. The van der Waals surface area contributed by atoms with Gasteiger partial charge in [-0.1, -0.05) is 19.1 Å². The van der Waals surface area contributed by atoms with Gasteiger partial charge in [0.2, 0.25) is 11.8 Å².